The van der Waals surface area contributed by atoms with Gasteiger partial charge in [-0.3, -0.25) is 9.69 Å². The molecule has 1 aliphatic rings. The van der Waals surface area contributed by atoms with Gasteiger partial charge in [-0.1, -0.05) is 42.5 Å². The molecule has 0 atom stereocenters. The average molecular weight is 653 g/mol. The summed E-state index contributed by atoms with van der Waals surface area (Å²) >= 11 is 3.25. The number of carbonyl (C=O) groups excluding carboxylic acids is 1. The van der Waals surface area contributed by atoms with Crippen LogP contribution in [-0.2, 0) is 29.5 Å². The summed E-state index contributed by atoms with van der Waals surface area (Å²) in [5, 5.41) is 4.84. The van der Waals surface area contributed by atoms with E-state index in [9.17, 15) is 13.2 Å². The second-order valence-electron chi connectivity index (χ2n) is 10.7. The minimum Gasteiger partial charge on any atom is -0.313 e. The highest BCUT2D eigenvalue weighted by Gasteiger charge is 2.28. The molecular formula is C32H33ClN4O3S3. The van der Waals surface area contributed by atoms with E-state index in [0.717, 1.165) is 51.8 Å². The van der Waals surface area contributed by atoms with Crippen LogP contribution in [-0.4, -0.2) is 48.1 Å². The second-order valence-corrected chi connectivity index (χ2v) is 14.9. The lowest BCUT2D eigenvalue weighted by atomic mass is 10.0. The highest BCUT2D eigenvalue weighted by molar-refractivity contribution is 7.89. The largest absolute Gasteiger partial charge is 0.313 e. The number of rotatable bonds is 8. The van der Waals surface area contributed by atoms with Crippen molar-refractivity contribution in [3.05, 3.63) is 100 Å². The first-order valence-electron chi connectivity index (χ1n) is 13.9. The van der Waals surface area contributed by atoms with Crippen LogP contribution in [0.15, 0.2) is 83.8 Å². The van der Waals surface area contributed by atoms with Gasteiger partial charge in [0.1, 0.15) is 10.0 Å². The van der Waals surface area contributed by atoms with E-state index < -0.39 is 10.0 Å². The van der Waals surface area contributed by atoms with Crippen LogP contribution in [0.1, 0.15) is 40.2 Å². The quantitative estimate of drug-likeness (QED) is 0.190. The molecule has 1 amide bonds. The Hall–Kier alpha value is -3.12. The molecule has 224 valence electrons. The van der Waals surface area contributed by atoms with E-state index in [1.54, 1.807) is 41.9 Å². The summed E-state index contributed by atoms with van der Waals surface area (Å²) in [7, 11) is -2.07. The van der Waals surface area contributed by atoms with Gasteiger partial charge in [0, 0.05) is 48.7 Å². The first-order valence-corrected chi connectivity index (χ1v) is 16.9. The van der Waals surface area contributed by atoms with Gasteiger partial charge in [0.25, 0.3) is 5.91 Å². The fourth-order valence-electron chi connectivity index (χ4n) is 5.12. The molecule has 0 saturated carbocycles. The molecule has 0 saturated heterocycles. The van der Waals surface area contributed by atoms with Crippen LogP contribution in [0.3, 0.4) is 0 Å². The molecule has 11 heteroatoms. The Labute approximate surface area is 266 Å². The number of anilines is 1. The standard InChI is InChI=1S/C32H32N4O3S3.ClH/c1-21(2)35(3)42(38,39)24-15-13-23(14-16-24)30(37)34-32-29(31-33-26-11-7-8-12-27(26)40-31)25-17-18-36(20-28(25)41-32)19-22-9-5-4-6-10-22;/h4-16,21H,17-20H2,1-3H3,(H,34,37);1H. The molecule has 0 aliphatic carbocycles. The third-order valence-electron chi connectivity index (χ3n) is 7.64. The van der Waals surface area contributed by atoms with Gasteiger partial charge >= 0.3 is 0 Å². The molecule has 43 heavy (non-hydrogen) atoms. The van der Waals surface area contributed by atoms with E-state index in [2.05, 4.69) is 40.5 Å². The van der Waals surface area contributed by atoms with Crippen LogP contribution in [0.2, 0.25) is 0 Å². The van der Waals surface area contributed by atoms with Gasteiger partial charge in [0.15, 0.2) is 0 Å². The van der Waals surface area contributed by atoms with E-state index in [0.29, 0.717) is 5.56 Å². The number of carbonyl (C=O) groups is 1. The van der Waals surface area contributed by atoms with Crippen LogP contribution < -0.4 is 5.32 Å². The van der Waals surface area contributed by atoms with Crippen LogP contribution in [0.4, 0.5) is 5.00 Å². The predicted octanol–water partition coefficient (Wildman–Crippen LogP) is 7.29. The molecule has 0 fully saturated rings. The minimum atomic E-state index is -3.63. The van der Waals surface area contributed by atoms with Crippen molar-refractivity contribution >= 4 is 66.2 Å². The smallest absolute Gasteiger partial charge is 0.256 e. The van der Waals surface area contributed by atoms with Crippen molar-refractivity contribution in [3.8, 4) is 10.6 Å². The summed E-state index contributed by atoms with van der Waals surface area (Å²) in [4.78, 5) is 22.3. The molecule has 0 bridgehead atoms. The molecule has 6 rings (SSSR count). The molecule has 1 N–H and O–H groups in total. The van der Waals surface area contributed by atoms with Crippen molar-refractivity contribution in [2.45, 2.75) is 44.3 Å². The zero-order valence-corrected chi connectivity index (χ0v) is 27.4. The molecule has 2 aromatic heterocycles. The molecular weight excluding hydrogens is 620 g/mol. The molecule has 1 aliphatic heterocycles. The number of thiazole rings is 1. The number of benzene rings is 3. The summed E-state index contributed by atoms with van der Waals surface area (Å²) in [5.41, 5.74) is 4.87. The second kappa shape index (κ2) is 12.9. The summed E-state index contributed by atoms with van der Waals surface area (Å²) in [6, 6.07) is 24.5. The Morgan fingerprint density at radius 2 is 1.70 bits per heavy atom. The first-order chi connectivity index (χ1) is 20.2. The van der Waals surface area contributed by atoms with Gasteiger partial charge < -0.3 is 5.32 Å². The van der Waals surface area contributed by atoms with Gasteiger partial charge in [-0.15, -0.1) is 35.1 Å². The molecule has 0 unspecified atom stereocenters. The highest BCUT2D eigenvalue weighted by atomic mass is 35.5. The van der Waals surface area contributed by atoms with Crippen molar-refractivity contribution in [2.24, 2.45) is 0 Å². The molecule has 3 heterocycles. The summed E-state index contributed by atoms with van der Waals surface area (Å²) in [5.74, 6) is -0.279. The summed E-state index contributed by atoms with van der Waals surface area (Å²) in [6.07, 6.45) is 0.871. The zero-order chi connectivity index (χ0) is 29.4. The number of aromatic nitrogens is 1. The number of hydrogen-bond donors (Lipinski definition) is 1. The van der Waals surface area contributed by atoms with Crippen LogP contribution in [0.25, 0.3) is 20.8 Å². The maximum Gasteiger partial charge on any atom is 0.256 e. The Kier molecular flexibility index (Phi) is 9.36. The van der Waals surface area contributed by atoms with E-state index in [1.807, 2.05) is 38.1 Å². The van der Waals surface area contributed by atoms with Gasteiger partial charge in [-0.25, -0.2) is 13.4 Å². The van der Waals surface area contributed by atoms with Gasteiger partial charge in [0.2, 0.25) is 10.0 Å². The van der Waals surface area contributed by atoms with Crippen molar-refractivity contribution in [1.82, 2.24) is 14.2 Å². The third-order valence-corrected chi connectivity index (χ3v) is 11.9. The lowest BCUT2D eigenvalue weighted by molar-refractivity contribution is 0.102. The molecule has 0 radical (unpaired) electrons. The van der Waals surface area contributed by atoms with Crippen LogP contribution in [0, 0.1) is 0 Å². The number of sulfonamides is 1. The Balaban J connectivity index is 0.00000368. The Bertz CT molecular complexity index is 1820. The van der Waals surface area contributed by atoms with E-state index in [4.69, 9.17) is 4.98 Å². The number of nitrogens with one attached hydrogen (secondary N) is 1. The topological polar surface area (TPSA) is 82.6 Å². The number of para-hydroxylation sites is 1. The lowest BCUT2D eigenvalue weighted by Crippen LogP contribution is -2.33. The SMILES string of the molecule is CC(C)N(C)S(=O)(=O)c1ccc(C(=O)Nc2sc3c(c2-c2nc4ccccc4s2)CCN(Cc2ccccc2)C3)cc1.Cl. The monoisotopic (exact) mass is 652 g/mol. The van der Waals surface area contributed by atoms with Crippen molar-refractivity contribution in [1.29, 1.82) is 0 Å². The molecule has 0 spiro atoms. The summed E-state index contributed by atoms with van der Waals surface area (Å²) < 4.78 is 28.2. The van der Waals surface area contributed by atoms with Crippen LogP contribution >= 0.6 is 35.1 Å². The van der Waals surface area contributed by atoms with Crippen molar-refractivity contribution in [2.75, 3.05) is 18.9 Å². The number of nitrogens with zero attached hydrogens (tertiary/aromatic N) is 3. The number of amides is 1. The molecule has 7 nitrogen and oxygen atoms in total. The van der Waals surface area contributed by atoms with Gasteiger partial charge in [-0.05, 0) is 67.8 Å². The average Bonchev–Trinajstić information content (AvgIpc) is 3.57. The van der Waals surface area contributed by atoms with E-state index in [1.165, 1.54) is 32.4 Å². The maximum absolute atomic E-state index is 13.5. The zero-order valence-electron chi connectivity index (χ0n) is 24.1. The predicted molar refractivity (Wildman–Crippen MR) is 179 cm³/mol. The summed E-state index contributed by atoms with van der Waals surface area (Å²) in [6.45, 7) is 6.24. The minimum absolute atomic E-state index is 0. The van der Waals surface area contributed by atoms with Gasteiger partial charge in [0.05, 0.1) is 15.1 Å². The maximum atomic E-state index is 13.5. The van der Waals surface area contributed by atoms with Gasteiger partial charge in [-0.2, -0.15) is 4.31 Å². The Morgan fingerprint density at radius 3 is 2.40 bits per heavy atom. The number of hydrogen-bond acceptors (Lipinski definition) is 7. The van der Waals surface area contributed by atoms with E-state index in [-0.39, 0.29) is 29.3 Å². The fraction of sp³-hybridized carbons (Fsp3) is 0.250. The number of thiophene rings is 1. The molecule has 3 aromatic carbocycles. The lowest BCUT2D eigenvalue weighted by Gasteiger charge is -2.27. The number of fused-ring (bicyclic) bond motifs is 2. The third kappa shape index (κ3) is 6.40. The Morgan fingerprint density at radius 1 is 1.00 bits per heavy atom. The van der Waals surface area contributed by atoms with Crippen LogP contribution in [0.5, 0.6) is 0 Å². The first kappa shape index (κ1) is 31.3. The van der Waals surface area contributed by atoms with E-state index >= 15 is 0 Å². The fourth-order valence-corrected chi connectivity index (χ4v) is 8.89. The highest BCUT2D eigenvalue weighted by Crippen LogP contribution is 2.46. The normalized spacial score (nSPS) is 13.7. The number of halogens is 1. The van der Waals surface area contributed by atoms with Crippen molar-refractivity contribution in [3.63, 3.8) is 0 Å². The molecule has 5 aromatic rings. The van der Waals surface area contributed by atoms with Crippen molar-refractivity contribution < 1.29 is 13.2 Å².